The molecule has 2 saturated carbocycles. The molecule has 0 radical (unpaired) electrons. The van der Waals surface area contributed by atoms with E-state index in [2.05, 4.69) is 43.5 Å². The molecule has 1 unspecified atom stereocenters. The van der Waals surface area contributed by atoms with Gasteiger partial charge in [-0.1, -0.05) is 29.8 Å². The van der Waals surface area contributed by atoms with Gasteiger partial charge >= 0.3 is 0 Å². The summed E-state index contributed by atoms with van der Waals surface area (Å²) in [7, 11) is 0. The fraction of sp³-hybridized carbons (Fsp3) is 0.360. The molecule has 3 atom stereocenters. The molecule has 3 N–H and O–H groups in total. The average Bonchev–Trinajstić information content (AvgIpc) is 3.72. The Balaban J connectivity index is 1.15. The highest BCUT2D eigenvalue weighted by molar-refractivity contribution is 6.30. The molecular weight excluding hydrogens is 436 g/mol. The molecule has 8 heteroatoms. The summed E-state index contributed by atoms with van der Waals surface area (Å²) in [4.78, 5) is 17.3. The molecule has 2 fully saturated rings. The number of halogens is 1. The van der Waals surface area contributed by atoms with Crippen LogP contribution in [0.1, 0.15) is 54.8 Å². The Morgan fingerprint density at radius 2 is 2.15 bits per heavy atom. The van der Waals surface area contributed by atoms with E-state index in [1.807, 2.05) is 37.4 Å². The van der Waals surface area contributed by atoms with Crippen molar-refractivity contribution in [3.63, 3.8) is 0 Å². The lowest BCUT2D eigenvalue weighted by Crippen LogP contribution is -2.35. The molecule has 1 aromatic carbocycles. The highest BCUT2D eigenvalue weighted by Gasteiger charge is 2.44. The Hall–Kier alpha value is -3.19. The van der Waals surface area contributed by atoms with Crippen LogP contribution in [-0.2, 0) is 11.3 Å². The average molecular weight is 463 g/mol. The van der Waals surface area contributed by atoms with Crippen molar-refractivity contribution in [3.8, 4) is 0 Å². The molecular formula is C25H27ClN6O. The maximum absolute atomic E-state index is 12.7. The van der Waals surface area contributed by atoms with E-state index in [-0.39, 0.29) is 23.8 Å². The molecule has 0 bridgehead atoms. The van der Waals surface area contributed by atoms with Gasteiger partial charge in [0, 0.05) is 29.5 Å². The second-order valence-electron chi connectivity index (χ2n) is 9.03. The number of amides is 1. The maximum atomic E-state index is 12.7. The molecule has 2 aromatic heterocycles. The largest absolute Gasteiger partial charge is 0.384 e. The number of carbonyl (C=O) groups is 1. The van der Waals surface area contributed by atoms with E-state index in [9.17, 15) is 4.79 Å². The summed E-state index contributed by atoms with van der Waals surface area (Å²) in [5.74, 6) is 0.818. The molecule has 7 nitrogen and oxygen atoms in total. The van der Waals surface area contributed by atoms with Gasteiger partial charge in [0.05, 0.1) is 24.0 Å². The highest BCUT2D eigenvalue weighted by Crippen LogP contribution is 2.48. The molecule has 2 aliphatic carbocycles. The summed E-state index contributed by atoms with van der Waals surface area (Å²) < 4.78 is 2.07. The second-order valence-corrected chi connectivity index (χ2v) is 9.47. The lowest BCUT2D eigenvalue weighted by molar-refractivity contribution is -0.122. The molecule has 3 aromatic rings. The lowest BCUT2D eigenvalue weighted by Gasteiger charge is -2.14. The van der Waals surface area contributed by atoms with Crippen LogP contribution in [0.5, 0.6) is 0 Å². The molecule has 0 spiro atoms. The van der Waals surface area contributed by atoms with Gasteiger partial charge in [0.2, 0.25) is 5.91 Å². The first-order valence-electron chi connectivity index (χ1n) is 11.4. The van der Waals surface area contributed by atoms with Gasteiger partial charge in [0.25, 0.3) is 0 Å². The lowest BCUT2D eigenvalue weighted by atomic mass is 10.1. The van der Waals surface area contributed by atoms with Crippen LogP contribution in [0, 0.1) is 11.4 Å². The third-order valence-electron chi connectivity index (χ3n) is 6.44. The van der Waals surface area contributed by atoms with Crippen LogP contribution < -0.4 is 10.6 Å². The number of pyridine rings is 1. The van der Waals surface area contributed by atoms with Crippen molar-refractivity contribution in [3.05, 3.63) is 82.5 Å². The number of nitrogens with zero attached hydrogens (tertiary/aromatic N) is 3. The highest BCUT2D eigenvalue weighted by atomic mass is 35.5. The van der Waals surface area contributed by atoms with Gasteiger partial charge in [-0.2, -0.15) is 5.11 Å². The molecule has 33 heavy (non-hydrogen) atoms. The number of benzene rings is 1. The molecule has 2 aliphatic rings. The van der Waals surface area contributed by atoms with Crippen molar-refractivity contribution >= 4 is 23.2 Å². The number of fused-ring (bicyclic) bond motifs is 1. The molecule has 5 rings (SSSR count). The third kappa shape index (κ3) is 4.93. The minimum absolute atomic E-state index is 0.0196. The topological polar surface area (TPSA) is 94.6 Å². The minimum Gasteiger partial charge on any atom is -0.384 e. The van der Waals surface area contributed by atoms with E-state index in [1.165, 1.54) is 18.4 Å². The van der Waals surface area contributed by atoms with Crippen LogP contribution in [0.3, 0.4) is 0 Å². The van der Waals surface area contributed by atoms with Crippen LogP contribution in [0.2, 0.25) is 5.02 Å². The van der Waals surface area contributed by atoms with Gasteiger partial charge < -0.3 is 15.0 Å². The predicted molar refractivity (Wildman–Crippen MR) is 127 cm³/mol. The van der Waals surface area contributed by atoms with Crippen LogP contribution in [0.15, 0.2) is 65.8 Å². The van der Waals surface area contributed by atoms with Crippen molar-refractivity contribution in [2.45, 2.75) is 50.6 Å². The van der Waals surface area contributed by atoms with Crippen LogP contribution in [-0.4, -0.2) is 21.3 Å². The van der Waals surface area contributed by atoms with Crippen molar-refractivity contribution in [1.82, 2.24) is 20.0 Å². The number of imidazole rings is 1. The standard InChI is InChI=1S/C25H27ClN6O/c1-15(29-25(33)22-10-21(22)17-3-2-4-19(26)9-17)23(31-27)12-28-11-20-14-32-13-18(16-5-6-16)7-8-24(32)30-20/h2-4,7-9,12-16,21-22,27-28H,5-6,10-11H2,1H3,(H,29,33)/b23-12-,31-27?/t15?,21-,22+/m1/s1. The van der Waals surface area contributed by atoms with Gasteiger partial charge in [-0.3, -0.25) is 4.79 Å². The number of carbonyl (C=O) groups excluding carboxylic acids is 1. The summed E-state index contributed by atoms with van der Waals surface area (Å²) in [5.41, 5.74) is 12.3. The summed E-state index contributed by atoms with van der Waals surface area (Å²) >= 11 is 6.07. The van der Waals surface area contributed by atoms with E-state index in [0.29, 0.717) is 23.2 Å². The van der Waals surface area contributed by atoms with Crippen LogP contribution >= 0.6 is 11.6 Å². The molecule has 0 saturated heterocycles. The molecule has 170 valence electrons. The predicted octanol–water partition coefficient (Wildman–Crippen LogP) is 5.14. The van der Waals surface area contributed by atoms with Gasteiger partial charge in [-0.25, -0.2) is 10.5 Å². The van der Waals surface area contributed by atoms with Crippen LogP contribution in [0.4, 0.5) is 0 Å². The number of hydrogen-bond donors (Lipinski definition) is 3. The normalized spacial score (nSPS) is 21.0. The van der Waals surface area contributed by atoms with Crippen molar-refractivity contribution in [2.75, 3.05) is 0 Å². The number of rotatable bonds is 9. The Morgan fingerprint density at radius 3 is 2.91 bits per heavy atom. The van der Waals surface area contributed by atoms with Crippen LogP contribution in [0.25, 0.3) is 5.65 Å². The monoisotopic (exact) mass is 462 g/mol. The first-order chi connectivity index (χ1) is 16.0. The van der Waals surface area contributed by atoms with E-state index >= 15 is 0 Å². The third-order valence-corrected chi connectivity index (χ3v) is 6.68. The number of hydrogen-bond acceptors (Lipinski definition) is 5. The number of nitrogens with one attached hydrogen (secondary N) is 3. The summed E-state index contributed by atoms with van der Waals surface area (Å²) in [6, 6.07) is 11.5. The maximum Gasteiger partial charge on any atom is 0.224 e. The van der Waals surface area contributed by atoms with E-state index < -0.39 is 0 Å². The molecule has 2 heterocycles. The quantitative estimate of drug-likeness (QED) is 0.384. The van der Waals surface area contributed by atoms with Gasteiger partial charge in [-0.15, -0.1) is 0 Å². The summed E-state index contributed by atoms with van der Waals surface area (Å²) in [5, 5.41) is 10.5. The zero-order valence-electron chi connectivity index (χ0n) is 18.5. The van der Waals surface area contributed by atoms with Crippen molar-refractivity contribution in [2.24, 2.45) is 11.0 Å². The van der Waals surface area contributed by atoms with Gasteiger partial charge in [0.1, 0.15) is 5.65 Å². The zero-order chi connectivity index (χ0) is 22.9. The van der Waals surface area contributed by atoms with Gasteiger partial charge in [0.15, 0.2) is 0 Å². The smallest absolute Gasteiger partial charge is 0.224 e. The first-order valence-corrected chi connectivity index (χ1v) is 11.7. The Morgan fingerprint density at radius 1 is 1.30 bits per heavy atom. The van der Waals surface area contributed by atoms with Crippen molar-refractivity contribution in [1.29, 1.82) is 5.53 Å². The molecule has 0 aliphatic heterocycles. The summed E-state index contributed by atoms with van der Waals surface area (Å²) in [6.45, 7) is 2.35. The Bertz CT molecular complexity index is 1230. The number of aromatic nitrogens is 2. The second kappa shape index (κ2) is 8.98. The van der Waals surface area contributed by atoms with E-state index in [1.54, 1.807) is 6.20 Å². The fourth-order valence-corrected chi connectivity index (χ4v) is 4.50. The van der Waals surface area contributed by atoms with Gasteiger partial charge in [-0.05, 0) is 67.3 Å². The minimum atomic E-state index is -0.370. The fourth-order valence-electron chi connectivity index (χ4n) is 4.30. The SMILES string of the molecule is CC(NC(=O)[C@H]1C[C@@H]1c1cccc(Cl)c1)/C(=C/NCc1cn2cc(C3CC3)ccc2n1)N=N. The Labute approximate surface area is 197 Å². The molecule has 1 amide bonds. The summed E-state index contributed by atoms with van der Waals surface area (Å²) in [6.07, 6.45) is 9.22. The first kappa shape index (κ1) is 21.6. The Kier molecular flexibility index (Phi) is 5.89. The van der Waals surface area contributed by atoms with E-state index in [0.717, 1.165) is 23.3 Å². The zero-order valence-corrected chi connectivity index (χ0v) is 19.2. The van der Waals surface area contributed by atoms with E-state index in [4.69, 9.17) is 17.1 Å². The van der Waals surface area contributed by atoms with Crippen molar-refractivity contribution < 1.29 is 4.79 Å².